The van der Waals surface area contributed by atoms with E-state index in [9.17, 15) is 13.2 Å². The van der Waals surface area contributed by atoms with E-state index in [1.54, 1.807) is 22.6 Å². The van der Waals surface area contributed by atoms with E-state index in [0.29, 0.717) is 0 Å². The third-order valence-electron chi connectivity index (χ3n) is 1.60. The smallest absolute Gasteiger partial charge is 0.417 e. The number of benzene rings is 1. The Hall–Kier alpha value is -0.500. The first-order valence-electron chi connectivity index (χ1n) is 3.94. The Balaban J connectivity index is 3.01. The molecule has 0 bridgehead atoms. The van der Waals surface area contributed by atoms with E-state index in [1.807, 2.05) is 0 Å². The first kappa shape index (κ1) is 12.6. The van der Waals surface area contributed by atoms with Gasteiger partial charge in [-0.2, -0.15) is 13.2 Å². The summed E-state index contributed by atoms with van der Waals surface area (Å²) in [7, 11) is 1.40. The summed E-state index contributed by atoms with van der Waals surface area (Å²) in [5.74, 6) is 0.173. The van der Waals surface area contributed by atoms with Crippen LogP contribution in [0.5, 0.6) is 5.75 Å². The average Bonchev–Trinajstić information content (AvgIpc) is 2.14. The van der Waals surface area contributed by atoms with E-state index in [1.165, 1.54) is 19.2 Å². The van der Waals surface area contributed by atoms with Crippen molar-refractivity contribution < 1.29 is 22.6 Å². The van der Waals surface area contributed by atoms with Crippen LogP contribution in [-0.4, -0.2) is 13.9 Å². The molecule has 2 nitrogen and oxygen atoms in total. The monoisotopic (exact) mass is 332 g/mol. The van der Waals surface area contributed by atoms with Crippen LogP contribution in [0.2, 0.25) is 0 Å². The molecule has 0 saturated carbocycles. The fourth-order valence-corrected chi connectivity index (χ4v) is 1.78. The molecule has 0 fully saturated rings. The summed E-state index contributed by atoms with van der Waals surface area (Å²) in [6.45, 7) is -0.0721. The van der Waals surface area contributed by atoms with Crippen molar-refractivity contribution in [3.05, 3.63) is 27.3 Å². The van der Waals surface area contributed by atoms with E-state index < -0.39 is 11.7 Å². The molecule has 15 heavy (non-hydrogen) atoms. The number of ether oxygens (including phenoxy) is 2. The van der Waals surface area contributed by atoms with Crippen LogP contribution in [0.15, 0.2) is 18.2 Å². The molecule has 0 amide bonds. The Labute approximate surface area is 98.5 Å². The number of halogens is 4. The standard InChI is InChI=1S/C9H8F3IO2/c1-14-5-15-7-4-2-3-6(8(7)13)9(10,11)12/h2-4H,5H2,1H3. The van der Waals surface area contributed by atoms with Gasteiger partial charge in [-0.05, 0) is 34.7 Å². The minimum atomic E-state index is -4.36. The third-order valence-corrected chi connectivity index (χ3v) is 2.71. The molecule has 0 spiro atoms. The maximum Gasteiger partial charge on any atom is 0.417 e. The summed E-state index contributed by atoms with van der Waals surface area (Å²) in [5, 5.41) is 0. The van der Waals surface area contributed by atoms with Gasteiger partial charge in [0.05, 0.1) is 9.13 Å². The molecular weight excluding hydrogens is 324 g/mol. The highest BCUT2D eigenvalue weighted by Gasteiger charge is 2.33. The molecule has 0 unspecified atom stereocenters. The van der Waals surface area contributed by atoms with Gasteiger partial charge < -0.3 is 9.47 Å². The summed E-state index contributed by atoms with van der Waals surface area (Å²) in [5.41, 5.74) is -0.697. The fraction of sp³-hybridized carbons (Fsp3) is 0.333. The van der Waals surface area contributed by atoms with Gasteiger partial charge >= 0.3 is 6.18 Å². The van der Waals surface area contributed by atoms with Crippen molar-refractivity contribution in [2.45, 2.75) is 6.18 Å². The van der Waals surface area contributed by atoms with Crippen molar-refractivity contribution in [3.8, 4) is 5.75 Å². The summed E-state index contributed by atoms with van der Waals surface area (Å²) in [4.78, 5) is 0. The summed E-state index contributed by atoms with van der Waals surface area (Å²) >= 11 is 1.61. The predicted octanol–water partition coefficient (Wildman–Crippen LogP) is 3.29. The minimum absolute atomic E-state index is 0.0413. The van der Waals surface area contributed by atoms with E-state index in [4.69, 9.17) is 4.74 Å². The zero-order valence-corrected chi connectivity index (χ0v) is 9.93. The maximum absolute atomic E-state index is 12.5. The lowest BCUT2D eigenvalue weighted by Gasteiger charge is -2.12. The molecule has 0 aliphatic rings. The van der Waals surface area contributed by atoms with Crippen molar-refractivity contribution in [1.82, 2.24) is 0 Å². The van der Waals surface area contributed by atoms with Gasteiger partial charge in [0.25, 0.3) is 0 Å². The molecule has 0 heterocycles. The quantitative estimate of drug-likeness (QED) is 0.625. The lowest BCUT2D eigenvalue weighted by atomic mass is 10.2. The highest BCUT2D eigenvalue weighted by Crippen LogP contribution is 2.36. The topological polar surface area (TPSA) is 18.5 Å². The van der Waals surface area contributed by atoms with Crippen LogP contribution in [0.1, 0.15) is 5.56 Å². The minimum Gasteiger partial charge on any atom is -0.466 e. The van der Waals surface area contributed by atoms with Crippen molar-refractivity contribution >= 4 is 22.6 Å². The lowest BCUT2D eigenvalue weighted by molar-refractivity contribution is -0.138. The highest BCUT2D eigenvalue weighted by molar-refractivity contribution is 14.1. The van der Waals surface area contributed by atoms with Gasteiger partial charge in [-0.3, -0.25) is 0 Å². The Morgan fingerprint density at radius 2 is 2.00 bits per heavy atom. The van der Waals surface area contributed by atoms with Crippen LogP contribution >= 0.6 is 22.6 Å². The van der Waals surface area contributed by atoms with Crippen molar-refractivity contribution in [3.63, 3.8) is 0 Å². The van der Waals surface area contributed by atoms with Crippen molar-refractivity contribution in [2.75, 3.05) is 13.9 Å². The number of hydrogen-bond donors (Lipinski definition) is 0. The van der Waals surface area contributed by atoms with Crippen LogP contribution in [0.4, 0.5) is 13.2 Å². The molecule has 1 rings (SSSR count). The van der Waals surface area contributed by atoms with Crippen LogP contribution in [-0.2, 0) is 10.9 Å². The van der Waals surface area contributed by atoms with Gasteiger partial charge in [0.15, 0.2) is 6.79 Å². The molecule has 0 aromatic heterocycles. The molecule has 6 heteroatoms. The molecule has 0 saturated heterocycles. The van der Waals surface area contributed by atoms with Gasteiger partial charge in [-0.15, -0.1) is 0 Å². The molecule has 0 N–H and O–H groups in total. The Bertz CT molecular complexity index is 339. The Morgan fingerprint density at radius 1 is 1.33 bits per heavy atom. The number of rotatable bonds is 3. The normalized spacial score (nSPS) is 11.5. The number of hydrogen-bond acceptors (Lipinski definition) is 2. The number of methoxy groups -OCH3 is 1. The Morgan fingerprint density at radius 3 is 2.53 bits per heavy atom. The summed E-state index contributed by atoms with van der Waals surface area (Å²) in [6, 6.07) is 3.79. The predicted molar refractivity (Wildman–Crippen MR) is 56.7 cm³/mol. The second-order valence-corrected chi connectivity index (χ2v) is 3.75. The second kappa shape index (κ2) is 5.02. The third kappa shape index (κ3) is 3.23. The largest absolute Gasteiger partial charge is 0.466 e. The number of alkyl halides is 3. The van der Waals surface area contributed by atoms with E-state index >= 15 is 0 Å². The van der Waals surface area contributed by atoms with Gasteiger partial charge in [-0.25, -0.2) is 0 Å². The average molecular weight is 332 g/mol. The summed E-state index contributed by atoms with van der Waals surface area (Å²) in [6.07, 6.45) is -4.36. The lowest BCUT2D eigenvalue weighted by Crippen LogP contribution is -2.09. The van der Waals surface area contributed by atoms with Crippen molar-refractivity contribution in [2.24, 2.45) is 0 Å². The SMILES string of the molecule is COCOc1cccc(C(F)(F)F)c1I. The van der Waals surface area contributed by atoms with Gasteiger partial charge in [0, 0.05) is 7.11 Å². The van der Waals surface area contributed by atoms with Crippen LogP contribution in [0, 0.1) is 3.57 Å². The van der Waals surface area contributed by atoms with E-state index in [0.717, 1.165) is 6.07 Å². The maximum atomic E-state index is 12.5. The first-order valence-corrected chi connectivity index (χ1v) is 5.02. The molecular formula is C9H8F3IO2. The summed E-state index contributed by atoms with van der Waals surface area (Å²) < 4.78 is 47.0. The van der Waals surface area contributed by atoms with Crippen LogP contribution in [0.3, 0.4) is 0 Å². The fourth-order valence-electron chi connectivity index (χ4n) is 0.964. The van der Waals surface area contributed by atoms with Crippen LogP contribution < -0.4 is 4.74 Å². The molecule has 1 aromatic carbocycles. The molecule has 0 atom stereocenters. The first-order chi connectivity index (χ1) is 6.96. The van der Waals surface area contributed by atoms with Gasteiger partial charge in [-0.1, -0.05) is 6.07 Å². The van der Waals surface area contributed by atoms with Crippen molar-refractivity contribution in [1.29, 1.82) is 0 Å². The molecule has 0 aliphatic heterocycles. The second-order valence-electron chi connectivity index (χ2n) is 2.67. The van der Waals surface area contributed by atoms with E-state index in [2.05, 4.69) is 4.74 Å². The molecule has 84 valence electrons. The van der Waals surface area contributed by atoms with Gasteiger partial charge in [0.2, 0.25) is 0 Å². The zero-order chi connectivity index (χ0) is 11.5. The highest BCUT2D eigenvalue weighted by atomic mass is 127. The molecule has 0 aliphatic carbocycles. The zero-order valence-electron chi connectivity index (χ0n) is 7.77. The van der Waals surface area contributed by atoms with Gasteiger partial charge in [0.1, 0.15) is 5.75 Å². The molecule has 1 aromatic rings. The van der Waals surface area contributed by atoms with E-state index in [-0.39, 0.29) is 16.1 Å². The van der Waals surface area contributed by atoms with Crippen LogP contribution in [0.25, 0.3) is 0 Å². The Kier molecular flexibility index (Phi) is 4.21. The molecule has 0 radical (unpaired) electrons.